The van der Waals surface area contributed by atoms with Crippen molar-refractivity contribution in [3.05, 3.63) is 23.1 Å². The van der Waals surface area contributed by atoms with E-state index in [1.54, 1.807) is 0 Å². The molecule has 0 bridgehead atoms. The molecule has 0 radical (unpaired) electrons. The number of hydrogen-bond donors (Lipinski definition) is 0. The molecule has 1 saturated heterocycles. The molecule has 2 rings (SSSR count). The molecule has 0 N–H and O–H groups in total. The highest BCUT2D eigenvalue weighted by Crippen LogP contribution is 2.23. The first-order valence-electron chi connectivity index (χ1n) is 4.41. The highest BCUT2D eigenvalue weighted by molar-refractivity contribution is 6.32. The monoisotopic (exact) mass is 216 g/mol. The zero-order chi connectivity index (χ0) is 9.97. The summed E-state index contributed by atoms with van der Waals surface area (Å²) in [4.78, 5) is 5.96. The zero-order valence-corrected chi connectivity index (χ0v) is 8.30. The van der Waals surface area contributed by atoms with Gasteiger partial charge < -0.3 is 9.64 Å². The van der Waals surface area contributed by atoms with Gasteiger partial charge in [0.2, 0.25) is 0 Å². The van der Waals surface area contributed by atoms with E-state index in [-0.39, 0.29) is 0 Å². The Labute approximate surface area is 86.4 Å². The van der Waals surface area contributed by atoms with Crippen LogP contribution < -0.4 is 4.90 Å². The Morgan fingerprint density at radius 3 is 2.79 bits per heavy atom. The minimum absolute atomic E-state index is 0.354. The fraction of sp³-hybridized carbons (Fsp3) is 0.444. The smallest absolute Gasteiger partial charge is 0.147 e. The van der Waals surface area contributed by atoms with E-state index in [2.05, 4.69) is 4.98 Å². The third kappa shape index (κ3) is 1.96. The average molecular weight is 217 g/mol. The van der Waals surface area contributed by atoms with Crippen LogP contribution in [-0.4, -0.2) is 31.3 Å². The second-order valence-corrected chi connectivity index (χ2v) is 3.47. The van der Waals surface area contributed by atoms with E-state index in [4.69, 9.17) is 16.3 Å². The predicted octanol–water partition coefficient (Wildman–Crippen LogP) is 1.71. The van der Waals surface area contributed by atoms with Crippen molar-refractivity contribution in [3.8, 4) is 0 Å². The molecule has 0 unspecified atom stereocenters. The van der Waals surface area contributed by atoms with Crippen molar-refractivity contribution in [3.63, 3.8) is 0 Å². The fourth-order valence-electron chi connectivity index (χ4n) is 1.42. The van der Waals surface area contributed by atoms with E-state index in [9.17, 15) is 4.39 Å². The number of pyridine rings is 1. The molecule has 5 heteroatoms. The number of morpholine rings is 1. The van der Waals surface area contributed by atoms with Gasteiger partial charge in [0.15, 0.2) is 0 Å². The minimum atomic E-state index is -0.410. The summed E-state index contributed by atoms with van der Waals surface area (Å²) in [6, 6.07) is 1.28. The molecule has 0 aliphatic carbocycles. The van der Waals surface area contributed by atoms with Crippen molar-refractivity contribution >= 4 is 17.4 Å². The Morgan fingerprint density at radius 2 is 2.14 bits per heavy atom. The van der Waals surface area contributed by atoms with Crippen molar-refractivity contribution in [2.75, 3.05) is 31.2 Å². The predicted molar refractivity (Wildman–Crippen MR) is 52.2 cm³/mol. The highest BCUT2D eigenvalue weighted by atomic mass is 35.5. The summed E-state index contributed by atoms with van der Waals surface area (Å²) in [5.41, 5.74) is 0. The molecule has 1 fully saturated rings. The van der Waals surface area contributed by atoms with Crippen molar-refractivity contribution in [2.45, 2.75) is 0 Å². The van der Waals surface area contributed by atoms with Crippen LogP contribution in [0.4, 0.5) is 10.2 Å². The zero-order valence-electron chi connectivity index (χ0n) is 7.54. The molecule has 0 atom stereocenters. The van der Waals surface area contributed by atoms with Gasteiger partial charge in [0, 0.05) is 13.1 Å². The van der Waals surface area contributed by atoms with Crippen LogP contribution in [0, 0.1) is 5.82 Å². The lowest BCUT2D eigenvalue weighted by molar-refractivity contribution is 0.122. The van der Waals surface area contributed by atoms with Gasteiger partial charge in [0.25, 0.3) is 0 Å². The van der Waals surface area contributed by atoms with Crippen molar-refractivity contribution in [1.82, 2.24) is 4.98 Å². The van der Waals surface area contributed by atoms with Crippen LogP contribution >= 0.6 is 11.6 Å². The molecule has 76 valence electrons. The van der Waals surface area contributed by atoms with Crippen LogP contribution in [0.5, 0.6) is 0 Å². The Hall–Kier alpha value is -0.870. The second-order valence-electron chi connectivity index (χ2n) is 3.06. The van der Waals surface area contributed by atoms with E-state index in [0.717, 1.165) is 13.1 Å². The van der Waals surface area contributed by atoms with Gasteiger partial charge in [-0.3, -0.25) is 0 Å². The van der Waals surface area contributed by atoms with Crippen LogP contribution in [0.1, 0.15) is 0 Å². The van der Waals surface area contributed by atoms with Crippen LogP contribution in [0.15, 0.2) is 12.3 Å². The van der Waals surface area contributed by atoms with Gasteiger partial charge >= 0.3 is 0 Å². The van der Waals surface area contributed by atoms with Crippen LogP contribution in [-0.2, 0) is 4.74 Å². The first-order valence-corrected chi connectivity index (χ1v) is 4.79. The van der Waals surface area contributed by atoms with Gasteiger partial charge in [-0.1, -0.05) is 11.6 Å². The maximum atomic E-state index is 12.7. The Bertz CT molecular complexity index is 329. The lowest BCUT2D eigenvalue weighted by Crippen LogP contribution is -2.36. The largest absolute Gasteiger partial charge is 0.378 e. The molecule has 0 amide bonds. The van der Waals surface area contributed by atoms with E-state index in [0.29, 0.717) is 24.1 Å². The van der Waals surface area contributed by atoms with Gasteiger partial charge in [-0.2, -0.15) is 0 Å². The van der Waals surface area contributed by atoms with Gasteiger partial charge in [-0.25, -0.2) is 9.37 Å². The van der Waals surface area contributed by atoms with Crippen molar-refractivity contribution < 1.29 is 9.13 Å². The Morgan fingerprint density at radius 1 is 1.43 bits per heavy atom. The summed E-state index contributed by atoms with van der Waals surface area (Å²) < 4.78 is 17.9. The number of nitrogens with zero attached hydrogens (tertiary/aromatic N) is 2. The molecule has 0 spiro atoms. The molecule has 0 saturated carbocycles. The summed E-state index contributed by atoms with van der Waals surface area (Å²) in [6.07, 6.45) is 1.18. The molecular weight excluding hydrogens is 207 g/mol. The molecular formula is C9H10ClFN2O. The number of aromatic nitrogens is 1. The topological polar surface area (TPSA) is 25.4 Å². The van der Waals surface area contributed by atoms with E-state index >= 15 is 0 Å². The first-order chi connectivity index (χ1) is 6.77. The molecule has 2 heterocycles. The van der Waals surface area contributed by atoms with Crippen LogP contribution in [0.2, 0.25) is 5.02 Å². The molecule has 0 aromatic carbocycles. The number of ether oxygens (including phenoxy) is 1. The number of halogens is 2. The normalized spacial score (nSPS) is 17.1. The van der Waals surface area contributed by atoms with Crippen LogP contribution in [0.25, 0.3) is 0 Å². The SMILES string of the molecule is Fc1cnc(N2CCOCC2)c(Cl)c1. The molecule has 3 nitrogen and oxygen atoms in total. The Kier molecular flexibility index (Phi) is 2.84. The molecule has 14 heavy (non-hydrogen) atoms. The summed E-state index contributed by atoms with van der Waals surface area (Å²) in [7, 11) is 0. The second kappa shape index (κ2) is 4.11. The summed E-state index contributed by atoms with van der Waals surface area (Å²) >= 11 is 5.88. The summed E-state index contributed by atoms with van der Waals surface area (Å²) in [5, 5.41) is 0.354. The quantitative estimate of drug-likeness (QED) is 0.715. The van der Waals surface area contributed by atoms with E-state index < -0.39 is 5.82 Å². The maximum absolute atomic E-state index is 12.7. The van der Waals surface area contributed by atoms with Crippen molar-refractivity contribution in [1.29, 1.82) is 0 Å². The minimum Gasteiger partial charge on any atom is -0.378 e. The molecule has 1 aliphatic heterocycles. The molecule has 1 aromatic heterocycles. The standard InChI is InChI=1S/C9H10ClFN2O/c10-8-5-7(11)6-12-9(8)13-1-3-14-4-2-13/h5-6H,1-4H2. The third-order valence-corrected chi connectivity index (χ3v) is 2.38. The summed E-state index contributed by atoms with van der Waals surface area (Å²) in [5.74, 6) is 0.225. The number of rotatable bonds is 1. The van der Waals surface area contributed by atoms with Gasteiger partial charge in [0.05, 0.1) is 24.4 Å². The molecule has 1 aliphatic rings. The van der Waals surface area contributed by atoms with Crippen molar-refractivity contribution in [2.24, 2.45) is 0 Å². The highest BCUT2D eigenvalue weighted by Gasteiger charge is 2.15. The van der Waals surface area contributed by atoms with Gasteiger partial charge in [0.1, 0.15) is 11.6 Å². The number of anilines is 1. The van der Waals surface area contributed by atoms with Gasteiger partial charge in [-0.15, -0.1) is 0 Å². The van der Waals surface area contributed by atoms with E-state index in [1.807, 2.05) is 4.90 Å². The number of hydrogen-bond acceptors (Lipinski definition) is 3. The lowest BCUT2D eigenvalue weighted by Gasteiger charge is -2.28. The summed E-state index contributed by atoms with van der Waals surface area (Å²) in [6.45, 7) is 2.82. The van der Waals surface area contributed by atoms with Gasteiger partial charge in [-0.05, 0) is 6.07 Å². The van der Waals surface area contributed by atoms with Crippen LogP contribution in [0.3, 0.4) is 0 Å². The maximum Gasteiger partial charge on any atom is 0.147 e. The fourth-order valence-corrected chi connectivity index (χ4v) is 1.69. The van der Waals surface area contributed by atoms with E-state index in [1.165, 1.54) is 12.3 Å². The average Bonchev–Trinajstić information content (AvgIpc) is 2.19. The third-order valence-electron chi connectivity index (χ3n) is 2.10. The first kappa shape index (κ1) is 9.68. The lowest BCUT2D eigenvalue weighted by atomic mass is 10.3. The molecule has 1 aromatic rings. The Balaban J connectivity index is 2.22.